The number of benzene rings is 2. The standard InChI is InChI=1S/C16H14/c1-12-6-8-14(9-7-12)16-11-10-13-4-2-3-5-15(13)16/h2-10H,11H2,1H3. The first kappa shape index (κ1) is 9.41. The fraction of sp³-hybridized carbons (Fsp3) is 0.125. The highest BCUT2D eigenvalue weighted by Crippen LogP contribution is 2.17. The van der Waals surface area contributed by atoms with Gasteiger partial charge in [-0.1, -0.05) is 60.2 Å². The van der Waals surface area contributed by atoms with Crippen LogP contribution in [0.5, 0.6) is 0 Å². The zero-order valence-corrected chi connectivity index (χ0v) is 9.40. The highest BCUT2D eigenvalue weighted by Gasteiger charge is 2.06. The van der Waals surface area contributed by atoms with E-state index in [9.17, 15) is 0 Å². The average molecular weight is 206 g/mol. The van der Waals surface area contributed by atoms with Crippen molar-refractivity contribution in [2.24, 2.45) is 0 Å². The van der Waals surface area contributed by atoms with Gasteiger partial charge in [-0.25, -0.2) is 0 Å². The molecule has 0 saturated carbocycles. The first-order valence-corrected chi connectivity index (χ1v) is 5.70. The van der Waals surface area contributed by atoms with Gasteiger partial charge in [-0.3, -0.25) is 0 Å². The second-order valence-electron chi connectivity index (χ2n) is 4.34. The lowest BCUT2D eigenvalue weighted by Crippen LogP contribution is -2.21. The van der Waals surface area contributed by atoms with E-state index in [1.54, 1.807) is 0 Å². The van der Waals surface area contributed by atoms with Gasteiger partial charge in [0.2, 0.25) is 0 Å². The Balaban J connectivity index is 2.24. The van der Waals surface area contributed by atoms with E-state index in [1.165, 1.54) is 27.1 Å². The number of hydrogen-bond acceptors (Lipinski definition) is 0. The van der Waals surface area contributed by atoms with Gasteiger partial charge in [-0.15, -0.1) is 0 Å². The SMILES string of the molecule is Cc1ccc(C2=c3ccccc3=CC2)cc1. The number of hydrogen-bond donors (Lipinski definition) is 0. The fourth-order valence-corrected chi connectivity index (χ4v) is 2.30. The van der Waals surface area contributed by atoms with Crippen molar-refractivity contribution in [3.05, 3.63) is 70.1 Å². The van der Waals surface area contributed by atoms with Crippen molar-refractivity contribution in [3.63, 3.8) is 0 Å². The molecule has 0 aliphatic heterocycles. The molecule has 2 aromatic rings. The van der Waals surface area contributed by atoms with Gasteiger partial charge < -0.3 is 0 Å². The van der Waals surface area contributed by atoms with E-state index in [-0.39, 0.29) is 0 Å². The van der Waals surface area contributed by atoms with Crippen molar-refractivity contribution in [3.8, 4) is 0 Å². The molecule has 78 valence electrons. The molecule has 0 heteroatoms. The van der Waals surface area contributed by atoms with Crippen LogP contribution in [0.15, 0.2) is 48.5 Å². The Labute approximate surface area is 95.6 Å². The van der Waals surface area contributed by atoms with Gasteiger partial charge in [0.1, 0.15) is 0 Å². The molecule has 0 saturated heterocycles. The minimum absolute atomic E-state index is 1.06. The van der Waals surface area contributed by atoms with E-state index in [0.29, 0.717) is 0 Å². The summed E-state index contributed by atoms with van der Waals surface area (Å²) < 4.78 is 0. The van der Waals surface area contributed by atoms with Crippen LogP contribution in [0, 0.1) is 6.92 Å². The Morgan fingerprint density at radius 3 is 2.44 bits per heavy atom. The fourth-order valence-electron chi connectivity index (χ4n) is 2.30. The molecule has 0 spiro atoms. The maximum Gasteiger partial charge on any atom is -0.00761 e. The van der Waals surface area contributed by atoms with Crippen molar-refractivity contribution in [1.29, 1.82) is 0 Å². The van der Waals surface area contributed by atoms with Crippen LogP contribution in [0.2, 0.25) is 0 Å². The first-order chi connectivity index (χ1) is 7.84. The molecule has 1 aliphatic carbocycles. The summed E-state index contributed by atoms with van der Waals surface area (Å²) >= 11 is 0. The molecule has 0 fully saturated rings. The Morgan fingerprint density at radius 1 is 0.875 bits per heavy atom. The highest BCUT2D eigenvalue weighted by molar-refractivity contribution is 5.73. The second-order valence-corrected chi connectivity index (χ2v) is 4.34. The van der Waals surface area contributed by atoms with Gasteiger partial charge in [-0.05, 0) is 34.9 Å². The van der Waals surface area contributed by atoms with E-state index in [4.69, 9.17) is 0 Å². The summed E-state index contributed by atoms with van der Waals surface area (Å²) in [7, 11) is 0. The van der Waals surface area contributed by atoms with E-state index in [2.05, 4.69) is 61.5 Å². The van der Waals surface area contributed by atoms with Gasteiger partial charge in [0.25, 0.3) is 0 Å². The van der Waals surface area contributed by atoms with Crippen LogP contribution in [0.3, 0.4) is 0 Å². The molecule has 0 N–H and O–H groups in total. The predicted molar refractivity (Wildman–Crippen MR) is 68.5 cm³/mol. The molecular formula is C16H14. The average Bonchev–Trinajstić information content (AvgIpc) is 2.74. The number of rotatable bonds is 1. The molecule has 0 nitrogen and oxygen atoms in total. The maximum atomic E-state index is 2.31. The molecule has 0 heterocycles. The van der Waals surface area contributed by atoms with Crippen molar-refractivity contribution in [2.75, 3.05) is 0 Å². The van der Waals surface area contributed by atoms with Crippen molar-refractivity contribution in [1.82, 2.24) is 0 Å². The molecule has 0 bridgehead atoms. The van der Waals surface area contributed by atoms with Gasteiger partial charge in [-0.2, -0.15) is 0 Å². The molecule has 0 radical (unpaired) electrons. The third-order valence-electron chi connectivity index (χ3n) is 3.21. The van der Waals surface area contributed by atoms with Crippen molar-refractivity contribution >= 4 is 11.6 Å². The van der Waals surface area contributed by atoms with Crippen LogP contribution < -0.4 is 10.4 Å². The summed E-state index contributed by atoms with van der Waals surface area (Å²) in [6, 6.07) is 17.4. The van der Waals surface area contributed by atoms with E-state index in [0.717, 1.165) is 6.42 Å². The normalized spacial score (nSPS) is 13.4. The Kier molecular flexibility index (Phi) is 2.14. The van der Waals surface area contributed by atoms with E-state index >= 15 is 0 Å². The van der Waals surface area contributed by atoms with Gasteiger partial charge in [0.15, 0.2) is 0 Å². The van der Waals surface area contributed by atoms with E-state index < -0.39 is 0 Å². The van der Waals surface area contributed by atoms with Gasteiger partial charge in [0, 0.05) is 0 Å². The molecule has 0 aromatic heterocycles. The van der Waals surface area contributed by atoms with Crippen LogP contribution in [-0.2, 0) is 0 Å². The molecule has 2 aromatic carbocycles. The quantitative estimate of drug-likeness (QED) is 0.672. The topological polar surface area (TPSA) is 0 Å². The Bertz CT molecular complexity index is 630. The lowest BCUT2D eigenvalue weighted by atomic mass is 10.0. The molecule has 16 heavy (non-hydrogen) atoms. The predicted octanol–water partition coefficient (Wildman–Crippen LogP) is 2.38. The Morgan fingerprint density at radius 2 is 1.62 bits per heavy atom. The summed E-state index contributed by atoms with van der Waals surface area (Å²) in [5.41, 5.74) is 4.13. The minimum Gasteiger partial charge on any atom is -0.0722 e. The van der Waals surface area contributed by atoms with Crippen LogP contribution in [0.25, 0.3) is 11.6 Å². The monoisotopic (exact) mass is 206 g/mol. The summed E-state index contributed by atoms with van der Waals surface area (Å²) in [4.78, 5) is 0. The largest absolute Gasteiger partial charge is 0.0722 e. The zero-order valence-electron chi connectivity index (χ0n) is 9.40. The molecule has 3 rings (SSSR count). The summed E-state index contributed by atoms with van der Waals surface area (Å²) in [6.45, 7) is 2.13. The lowest BCUT2D eigenvalue weighted by Gasteiger charge is -2.02. The van der Waals surface area contributed by atoms with Crippen molar-refractivity contribution in [2.45, 2.75) is 13.3 Å². The van der Waals surface area contributed by atoms with Crippen LogP contribution in [0.1, 0.15) is 17.5 Å². The summed E-state index contributed by atoms with van der Waals surface area (Å²) in [5, 5.41) is 2.77. The van der Waals surface area contributed by atoms with Crippen LogP contribution in [-0.4, -0.2) is 0 Å². The number of fused-ring (bicyclic) bond motifs is 1. The lowest BCUT2D eigenvalue weighted by molar-refractivity contribution is 1.41. The summed E-state index contributed by atoms with van der Waals surface area (Å²) in [5.74, 6) is 0. The number of aryl methyl sites for hydroxylation is 1. The molecule has 0 atom stereocenters. The molecule has 0 amide bonds. The third-order valence-corrected chi connectivity index (χ3v) is 3.21. The molecule has 0 unspecified atom stereocenters. The summed E-state index contributed by atoms with van der Waals surface area (Å²) in [6.07, 6.45) is 3.37. The Hall–Kier alpha value is -1.82. The smallest absolute Gasteiger partial charge is 0.00761 e. The van der Waals surface area contributed by atoms with Crippen LogP contribution >= 0.6 is 0 Å². The van der Waals surface area contributed by atoms with Gasteiger partial charge >= 0.3 is 0 Å². The molecule has 1 aliphatic rings. The van der Waals surface area contributed by atoms with E-state index in [1.807, 2.05) is 0 Å². The minimum atomic E-state index is 1.06. The third kappa shape index (κ3) is 1.47. The zero-order chi connectivity index (χ0) is 11.0. The second kappa shape index (κ2) is 3.64. The first-order valence-electron chi connectivity index (χ1n) is 5.70. The molecular weight excluding hydrogens is 192 g/mol. The van der Waals surface area contributed by atoms with Crippen LogP contribution in [0.4, 0.5) is 0 Å². The van der Waals surface area contributed by atoms with Gasteiger partial charge in [0.05, 0.1) is 0 Å². The van der Waals surface area contributed by atoms with Crippen molar-refractivity contribution < 1.29 is 0 Å². The highest BCUT2D eigenvalue weighted by atomic mass is 14.1. The maximum absolute atomic E-state index is 2.31.